The summed E-state index contributed by atoms with van der Waals surface area (Å²) < 4.78 is 0. The van der Waals surface area contributed by atoms with Crippen molar-refractivity contribution in [2.45, 2.75) is 31.6 Å². The summed E-state index contributed by atoms with van der Waals surface area (Å²) in [6, 6.07) is 8.68. The summed E-state index contributed by atoms with van der Waals surface area (Å²) in [5, 5.41) is 8.93. The van der Waals surface area contributed by atoms with Crippen molar-refractivity contribution in [1.82, 2.24) is 0 Å². The van der Waals surface area contributed by atoms with Crippen LogP contribution in [0.4, 0.5) is 0 Å². The first kappa shape index (κ1) is 13.5. The second kappa shape index (κ2) is 5.79. The summed E-state index contributed by atoms with van der Waals surface area (Å²) in [5.41, 5.74) is 1.32. The third kappa shape index (κ3) is 3.29. The number of benzene rings is 1. The van der Waals surface area contributed by atoms with Gasteiger partial charge in [-0.25, -0.2) is 0 Å². The molecule has 0 saturated heterocycles. The number of thioether (sulfide) groups is 1. The fourth-order valence-corrected chi connectivity index (χ4v) is 3.20. The van der Waals surface area contributed by atoms with Crippen molar-refractivity contribution >= 4 is 17.7 Å². The predicted molar refractivity (Wildman–Crippen MR) is 74.9 cm³/mol. The van der Waals surface area contributed by atoms with Crippen molar-refractivity contribution < 1.29 is 9.90 Å². The van der Waals surface area contributed by atoms with E-state index in [4.69, 9.17) is 5.11 Å². The van der Waals surface area contributed by atoms with Crippen LogP contribution in [0.5, 0.6) is 0 Å². The van der Waals surface area contributed by atoms with Gasteiger partial charge in [0.1, 0.15) is 0 Å². The maximum absolute atomic E-state index is 10.8. The van der Waals surface area contributed by atoms with Crippen molar-refractivity contribution in [2.75, 3.05) is 5.75 Å². The summed E-state index contributed by atoms with van der Waals surface area (Å²) in [6.45, 7) is 4.32. The number of carboxylic acids is 1. The summed E-state index contributed by atoms with van der Waals surface area (Å²) in [5.74, 6) is 1.23. The van der Waals surface area contributed by atoms with E-state index in [0.717, 1.165) is 18.6 Å². The molecule has 1 aliphatic rings. The van der Waals surface area contributed by atoms with Gasteiger partial charge in [0.2, 0.25) is 0 Å². The number of aliphatic carboxylic acids is 1. The Labute approximate surface area is 113 Å². The number of carboxylic acid groups (broad SMARTS) is 1. The molecule has 0 radical (unpaired) electrons. The summed E-state index contributed by atoms with van der Waals surface area (Å²) in [6.07, 6.45) is 1.85. The highest BCUT2D eigenvalue weighted by atomic mass is 32.2. The van der Waals surface area contributed by atoms with Gasteiger partial charge in [-0.3, -0.25) is 4.79 Å². The lowest BCUT2D eigenvalue weighted by molar-refractivity contribution is -0.139. The van der Waals surface area contributed by atoms with Crippen molar-refractivity contribution in [3.05, 3.63) is 29.8 Å². The second-order valence-electron chi connectivity index (χ2n) is 5.10. The molecule has 1 aliphatic carbocycles. The Kier molecular flexibility index (Phi) is 4.33. The Morgan fingerprint density at radius 2 is 2.11 bits per heavy atom. The van der Waals surface area contributed by atoms with Crippen LogP contribution in [0.25, 0.3) is 0 Å². The second-order valence-corrected chi connectivity index (χ2v) is 6.44. The van der Waals surface area contributed by atoms with Crippen molar-refractivity contribution in [2.24, 2.45) is 17.8 Å². The number of hydrogen-bond acceptors (Lipinski definition) is 2. The Hall–Kier alpha value is -0.960. The minimum atomic E-state index is -0.624. The van der Waals surface area contributed by atoms with E-state index in [-0.39, 0.29) is 5.92 Å². The van der Waals surface area contributed by atoms with Crippen LogP contribution in [0.15, 0.2) is 29.2 Å². The standard InChI is InChI=1S/C15H20O2S/c1-3-18-12-6-4-11(5-7-12)8-10(2)13-9-14(13)15(16)17/h4-7,10,13-14H,3,8-9H2,1-2H3,(H,16,17). The van der Waals surface area contributed by atoms with Gasteiger partial charge >= 0.3 is 5.97 Å². The highest BCUT2D eigenvalue weighted by Crippen LogP contribution is 2.45. The molecule has 0 heterocycles. The molecule has 1 aromatic rings. The Morgan fingerprint density at radius 3 is 2.61 bits per heavy atom. The molecule has 98 valence electrons. The minimum absolute atomic E-state index is 0.0880. The third-order valence-corrected chi connectivity index (χ3v) is 4.57. The van der Waals surface area contributed by atoms with E-state index in [2.05, 4.69) is 38.1 Å². The normalized spacial score (nSPS) is 23.7. The Bertz CT molecular complexity index is 413. The van der Waals surface area contributed by atoms with Crippen LogP contribution in [-0.4, -0.2) is 16.8 Å². The summed E-state index contributed by atoms with van der Waals surface area (Å²) in [7, 11) is 0. The molecule has 0 aromatic heterocycles. The van der Waals surface area contributed by atoms with Gasteiger partial charge in [-0.2, -0.15) is 0 Å². The molecule has 1 aromatic carbocycles. The van der Waals surface area contributed by atoms with Crippen LogP contribution < -0.4 is 0 Å². The van der Waals surface area contributed by atoms with Crippen molar-refractivity contribution in [3.63, 3.8) is 0 Å². The highest BCUT2D eigenvalue weighted by molar-refractivity contribution is 7.99. The van der Waals surface area contributed by atoms with Gasteiger partial charge in [0.15, 0.2) is 0 Å². The van der Waals surface area contributed by atoms with E-state index in [1.165, 1.54) is 10.5 Å². The lowest BCUT2D eigenvalue weighted by Crippen LogP contribution is -2.08. The van der Waals surface area contributed by atoms with Crippen LogP contribution in [0, 0.1) is 17.8 Å². The fraction of sp³-hybridized carbons (Fsp3) is 0.533. The van der Waals surface area contributed by atoms with Gasteiger partial charge in [0, 0.05) is 4.90 Å². The largest absolute Gasteiger partial charge is 0.481 e. The first-order chi connectivity index (χ1) is 8.61. The molecule has 3 heteroatoms. The molecule has 3 atom stereocenters. The molecule has 1 saturated carbocycles. The van der Waals surface area contributed by atoms with Gasteiger partial charge in [-0.1, -0.05) is 26.0 Å². The molecule has 3 unspecified atom stereocenters. The van der Waals surface area contributed by atoms with Crippen LogP contribution in [-0.2, 0) is 11.2 Å². The van der Waals surface area contributed by atoms with E-state index < -0.39 is 5.97 Å². The molecule has 2 rings (SSSR count). The van der Waals surface area contributed by atoms with Gasteiger partial charge in [-0.05, 0) is 48.1 Å². The molecule has 0 bridgehead atoms. The van der Waals surface area contributed by atoms with Gasteiger partial charge in [0.25, 0.3) is 0 Å². The lowest BCUT2D eigenvalue weighted by Gasteiger charge is -2.11. The number of carbonyl (C=O) groups is 1. The van der Waals surface area contributed by atoms with E-state index >= 15 is 0 Å². The maximum Gasteiger partial charge on any atom is 0.306 e. The SMILES string of the molecule is CCSc1ccc(CC(C)C2CC2C(=O)O)cc1. The summed E-state index contributed by atoms with van der Waals surface area (Å²) in [4.78, 5) is 12.2. The molecule has 0 amide bonds. The monoisotopic (exact) mass is 264 g/mol. The van der Waals surface area contributed by atoms with Gasteiger partial charge < -0.3 is 5.11 Å². The Balaban J connectivity index is 1.88. The molecule has 0 aliphatic heterocycles. The molecule has 0 spiro atoms. The lowest BCUT2D eigenvalue weighted by atomic mass is 9.95. The predicted octanol–water partition coefficient (Wildman–Crippen LogP) is 3.70. The highest BCUT2D eigenvalue weighted by Gasteiger charge is 2.45. The topological polar surface area (TPSA) is 37.3 Å². The minimum Gasteiger partial charge on any atom is -0.481 e. The Morgan fingerprint density at radius 1 is 1.44 bits per heavy atom. The molecule has 18 heavy (non-hydrogen) atoms. The summed E-state index contributed by atoms with van der Waals surface area (Å²) >= 11 is 1.85. The van der Waals surface area contributed by atoms with Gasteiger partial charge in [-0.15, -0.1) is 11.8 Å². The van der Waals surface area contributed by atoms with Crippen LogP contribution in [0.2, 0.25) is 0 Å². The quantitative estimate of drug-likeness (QED) is 0.796. The van der Waals surface area contributed by atoms with E-state index in [0.29, 0.717) is 11.8 Å². The van der Waals surface area contributed by atoms with E-state index in [1.54, 1.807) is 0 Å². The molecular weight excluding hydrogens is 244 g/mol. The van der Waals surface area contributed by atoms with Crippen LogP contribution >= 0.6 is 11.8 Å². The maximum atomic E-state index is 10.8. The van der Waals surface area contributed by atoms with Gasteiger partial charge in [0.05, 0.1) is 5.92 Å². The zero-order chi connectivity index (χ0) is 13.1. The van der Waals surface area contributed by atoms with E-state index in [9.17, 15) is 4.79 Å². The molecule has 2 nitrogen and oxygen atoms in total. The smallest absolute Gasteiger partial charge is 0.306 e. The van der Waals surface area contributed by atoms with Crippen molar-refractivity contribution in [3.8, 4) is 0 Å². The number of rotatable bonds is 6. The average molecular weight is 264 g/mol. The first-order valence-electron chi connectivity index (χ1n) is 6.56. The fourth-order valence-electron chi connectivity index (χ4n) is 2.54. The molecular formula is C15H20O2S. The zero-order valence-electron chi connectivity index (χ0n) is 10.9. The number of hydrogen-bond donors (Lipinski definition) is 1. The third-order valence-electron chi connectivity index (χ3n) is 3.68. The van der Waals surface area contributed by atoms with Crippen LogP contribution in [0.3, 0.4) is 0 Å². The molecule has 1 fully saturated rings. The zero-order valence-corrected chi connectivity index (χ0v) is 11.7. The van der Waals surface area contributed by atoms with Crippen LogP contribution in [0.1, 0.15) is 25.8 Å². The first-order valence-corrected chi connectivity index (χ1v) is 7.55. The average Bonchev–Trinajstić information content (AvgIpc) is 3.12. The molecule has 1 N–H and O–H groups in total. The van der Waals surface area contributed by atoms with Crippen molar-refractivity contribution in [1.29, 1.82) is 0 Å². The van der Waals surface area contributed by atoms with E-state index in [1.807, 2.05) is 11.8 Å².